The number of carbonyl (C=O) groups is 1. The van der Waals surface area contributed by atoms with E-state index in [4.69, 9.17) is 37.4 Å². The molecule has 132 valence electrons. The molecule has 0 spiro atoms. The quantitative estimate of drug-likeness (QED) is 0.587. The number of halogens is 2. The highest BCUT2D eigenvalue weighted by atomic mass is 35.5. The Morgan fingerprint density at radius 3 is 2.64 bits per heavy atom. The van der Waals surface area contributed by atoms with Crippen LogP contribution in [-0.2, 0) is 4.79 Å². The van der Waals surface area contributed by atoms with Crippen molar-refractivity contribution in [3.63, 3.8) is 0 Å². The number of hydrogen-bond acceptors (Lipinski definition) is 5. The van der Waals surface area contributed by atoms with Gasteiger partial charge in [-0.15, -0.1) is 0 Å². The maximum absolute atomic E-state index is 11.8. The van der Waals surface area contributed by atoms with E-state index in [2.05, 4.69) is 10.5 Å². The number of ether oxygens (including phenoxy) is 3. The summed E-state index contributed by atoms with van der Waals surface area (Å²) in [5.41, 5.74) is 3.02. The maximum atomic E-state index is 11.8. The molecule has 0 radical (unpaired) electrons. The number of methoxy groups -OCH3 is 2. The summed E-state index contributed by atoms with van der Waals surface area (Å²) in [5, 5.41) is 4.69. The van der Waals surface area contributed by atoms with Crippen molar-refractivity contribution < 1.29 is 19.0 Å². The summed E-state index contributed by atoms with van der Waals surface area (Å²) >= 11 is 11.8. The summed E-state index contributed by atoms with van der Waals surface area (Å²) in [5.74, 6) is 1.01. The van der Waals surface area contributed by atoms with Crippen molar-refractivity contribution in [3.05, 3.63) is 52.0 Å². The molecule has 0 saturated carbocycles. The third-order valence-electron chi connectivity index (χ3n) is 3.08. The number of amides is 1. The van der Waals surface area contributed by atoms with Crippen LogP contribution in [0.1, 0.15) is 5.56 Å². The molecule has 8 heteroatoms. The largest absolute Gasteiger partial charge is 0.493 e. The lowest BCUT2D eigenvalue weighted by atomic mass is 10.2. The molecule has 0 atom stereocenters. The summed E-state index contributed by atoms with van der Waals surface area (Å²) in [6.45, 7) is -0.242. The van der Waals surface area contributed by atoms with E-state index in [9.17, 15) is 4.79 Å². The number of para-hydroxylation sites is 1. The van der Waals surface area contributed by atoms with Crippen LogP contribution in [0.5, 0.6) is 17.2 Å². The number of nitrogens with zero attached hydrogens (tertiary/aromatic N) is 1. The minimum Gasteiger partial charge on any atom is -0.493 e. The lowest BCUT2D eigenvalue weighted by molar-refractivity contribution is -0.123. The predicted molar refractivity (Wildman–Crippen MR) is 97.2 cm³/mol. The maximum Gasteiger partial charge on any atom is 0.277 e. The van der Waals surface area contributed by atoms with E-state index in [1.54, 1.807) is 37.4 Å². The second-order valence-electron chi connectivity index (χ2n) is 4.74. The predicted octanol–water partition coefficient (Wildman–Crippen LogP) is 3.54. The Bertz CT molecular complexity index is 781. The van der Waals surface area contributed by atoms with E-state index in [0.29, 0.717) is 32.9 Å². The Labute approximate surface area is 155 Å². The summed E-state index contributed by atoms with van der Waals surface area (Å²) < 4.78 is 15.8. The molecule has 1 N–H and O–H groups in total. The van der Waals surface area contributed by atoms with Crippen LogP contribution in [0.15, 0.2) is 41.5 Å². The highest BCUT2D eigenvalue weighted by molar-refractivity contribution is 6.35. The SMILES string of the molecule is COc1cccc(/C=N/NC(=O)COc2ccc(Cl)cc2Cl)c1OC. The second kappa shape index (κ2) is 9.15. The number of carbonyl (C=O) groups excluding carboxylic acids is 1. The van der Waals surface area contributed by atoms with Gasteiger partial charge in [0.1, 0.15) is 5.75 Å². The normalized spacial score (nSPS) is 10.6. The van der Waals surface area contributed by atoms with Crippen LogP contribution in [0, 0.1) is 0 Å². The molecule has 0 aliphatic heterocycles. The fourth-order valence-electron chi connectivity index (χ4n) is 1.96. The lowest BCUT2D eigenvalue weighted by Crippen LogP contribution is -2.24. The first kappa shape index (κ1) is 18.9. The fourth-order valence-corrected chi connectivity index (χ4v) is 2.42. The van der Waals surface area contributed by atoms with Crippen LogP contribution >= 0.6 is 23.2 Å². The molecular formula is C17H16Cl2N2O4. The second-order valence-corrected chi connectivity index (χ2v) is 5.58. The van der Waals surface area contributed by atoms with Crippen LogP contribution in [0.3, 0.4) is 0 Å². The molecule has 6 nitrogen and oxygen atoms in total. The van der Waals surface area contributed by atoms with Gasteiger partial charge in [-0.25, -0.2) is 5.43 Å². The summed E-state index contributed by atoms with van der Waals surface area (Å²) in [6, 6.07) is 10.1. The van der Waals surface area contributed by atoms with Gasteiger partial charge in [0.05, 0.1) is 25.5 Å². The molecule has 0 aliphatic carbocycles. The number of hydrazone groups is 1. The van der Waals surface area contributed by atoms with Gasteiger partial charge >= 0.3 is 0 Å². The Hall–Kier alpha value is -2.44. The van der Waals surface area contributed by atoms with Gasteiger partial charge in [-0.1, -0.05) is 29.3 Å². The summed E-state index contributed by atoms with van der Waals surface area (Å²) in [6.07, 6.45) is 1.45. The van der Waals surface area contributed by atoms with Gasteiger partial charge < -0.3 is 14.2 Å². The fraction of sp³-hybridized carbons (Fsp3) is 0.176. The van der Waals surface area contributed by atoms with Crippen molar-refractivity contribution >= 4 is 35.3 Å². The Kier molecular flexibility index (Phi) is 6.91. The van der Waals surface area contributed by atoms with Gasteiger partial charge in [-0.3, -0.25) is 4.79 Å². The molecule has 0 fully saturated rings. The lowest BCUT2D eigenvalue weighted by Gasteiger charge is -2.09. The molecule has 2 rings (SSSR count). The van der Waals surface area contributed by atoms with Crippen molar-refractivity contribution in [2.75, 3.05) is 20.8 Å². The van der Waals surface area contributed by atoms with Gasteiger partial charge in [-0.05, 0) is 30.3 Å². The van der Waals surface area contributed by atoms with E-state index in [-0.39, 0.29) is 6.61 Å². The average Bonchev–Trinajstić information content (AvgIpc) is 2.60. The molecule has 0 unspecified atom stereocenters. The van der Waals surface area contributed by atoms with Gasteiger partial charge in [0.25, 0.3) is 5.91 Å². The van der Waals surface area contributed by atoms with Crippen molar-refractivity contribution in [1.29, 1.82) is 0 Å². The topological polar surface area (TPSA) is 69.2 Å². The van der Waals surface area contributed by atoms with E-state index < -0.39 is 5.91 Å². The zero-order chi connectivity index (χ0) is 18.2. The molecule has 0 saturated heterocycles. The van der Waals surface area contributed by atoms with Crippen molar-refractivity contribution in [1.82, 2.24) is 5.43 Å². The molecule has 0 aromatic heterocycles. The minimum absolute atomic E-state index is 0.242. The highest BCUT2D eigenvalue weighted by Gasteiger charge is 2.08. The molecule has 2 aromatic carbocycles. The number of nitrogens with one attached hydrogen (secondary N) is 1. The van der Waals surface area contributed by atoms with Crippen molar-refractivity contribution in [2.45, 2.75) is 0 Å². The first-order valence-electron chi connectivity index (χ1n) is 7.16. The number of rotatable bonds is 7. The van der Waals surface area contributed by atoms with Gasteiger partial charge in [0.15, 0.2) is 18.1 Å². The highest BCUT2D eigenvalue weighted by Crippen LogP contribution is 2.29. The van der Waals surface area contributed by atoms with Gasteiger partial charge in [0, 0.05) is 10.6 Å². The standard InChI is InChI=1S/C17H16Cl2N2O4/c1-23-15-5-3-4-11(17(15)24-2)9-20-21-16(22)10-25-14-7-6-12(18)8-13(14)19/h3-9H,10H2,1-2H3,(H,21,22)/b20-9+. The minimum atomic E-state index is -0.441. The smallest absolute Gasteiger partial charge is 0.277 e. The zero-order valence-electron chi connectivity index (χ0n) is 13.6. The van der Waals surface area contributed by atoms with E-state index in [0.717, 1.165) is 0 Å². The third kappa shape index (κ3) is 5.27. The molecule has 2 aromatic rings. The third-order valence-corrected chi connectivity index (χ3v) is 3.61. The van der Waals surface area contributed by atoms with Crippen molar-refractivity contribution in [3.8, 4) is 17.2 Å². The van der Waals surface area contributed by atoms with Crippen LogP contribution in [0.2, 0.25) is 10.0 Å². The Morgan fingerprint density at radius 2 is 1.96 bits per heavy atom. The first-order chi connectivity index (χ1) is 12.0. The van der Waals surface area contributed by atoms with E-state index in [1.807, 2.05) is 0 Å². The Balaban J connectivity index is 1.92. The molecular weight excluding hydrogens is 367 g/mol. The van der Waals surface area contributed by atoms with Crippen LogP contribution < -0.4 is 19.6 Å². The molecule has 0 heterocycles. The first-order valence-corrected chi connectivity index (χ1v) is 7.91. The molecule has 25 heavy (non-hydrogen) atoms. The van der Waals surface area contributed by atoms with Crippen LogP contribution in [0.4, 0.5) is 0 Å². The van der Waals surface area contributed by atoms with E-state index in [1.165, 1.54) is 19.4 Å². The average molecular weight is 383 g/mol. The number of hydrogen-bond donors (Lipinski definition) is 1. The zero-order valence-corrected chi connectivity index (χ0v) is 15.1. The molecule has 1 amide bonds. The summed E-state index contributed by atoms with van der Waals surface area (Å²) in [4.78, 5) is 11.8. The monoisotopic (exact) mass is 382 g/mol. The van der Waals surface area contributed by atoms with Gasteiger partial charge in [-0.2, -0.15) is 5.10 Å². The number of benzene rings is 2. The molecule has 0 bridgehead atoms. The van der Waals surface area contributed by atoms with Gasteiger partial charge in [0.2, 0.25) is 0 Å². The molecule has 0 aliphatic rings. The van der Waals surface area contributed by atoms with Crippen LogP contribution in [-0.4, -0.2) is 32.9 Å². The van der Waals surface area contributed by atoms with E-state index >= 15 is 0 Å². The summed E-state index contributed by atoms with van der Waals surface area (Å²) in [7, 11) is 3.07. The Morgan fingerprint density at radius 1 is 1.16 bits per heavy atom. The van der Waals surface area contributed by atoms with Crippen molar-refractivity contribution in [2.24, 2.45) is 5.10 Å². The van der Waals surface area contributed by atoms with Crippen LogP contribution in [0.25, 0.3) is 0 Å².